The molecule has 0 unspecified atom stereocenters. The highest BCUT2D eigenvalue weighted by Crippen LogP contribution is 2.31. The van der Waals surface area contributed by atoms with Crippen molar-refractivity contribution in [3.63, 3.8) is 0 Å². The summed E-state index contributed by atoms with van der Waals surface area (Å²) in [5.41, 5.74) is 5.34. The van der Waals surface area contributed by atoms with E-state index in [0.29, 0.717) is 22.8 Å². The van der Waals surface area contributed by atoms with Gasteiger partial charge in [-0.25, -0.2) is 0 Å². The minimum Gasteiger partial charge on any atom is -0.318 e. The van der Waals surface area contributed by atoms with E-state index in [0.717, 1.165) is 23.4 Å². The number of benzene rings is 2. The molecule has 0 amide bonds. The monoisotopic (exact) mass is 365 g/mol. The number of nitro benzene ring substituents is 1. The highest BCUT2D eigenvalue weighted by Gasteiger charge is 2.23. The van der Waals surface area contributed by atoms with E-state index < -0.39 is 0 Å². The number of non-ortho nitro benzene ring substituents is 1. The van der Waals surface area contributed by atoms with Gasteiger partial charge in [0.25, 0.3) is 5.69 Å². The average molecular weight is 366 g/mol. The van der Waals surface area contributed by atoms with E-state index in [-0.39, 0.29) is 10.6 Å². The van der Waals surface area contributed by atoms with E-state index in [2.05, 4.69) is 23.8 Å². The Hall–Kier alpha value is -2.92. The van der Waals surface area contributed by atoms with Gasteiger partial charge < -0.3 is 4.57 Å². The van der Waals surface area contributed by atoms with Gasteiger partial charge in [-0.05, 0) is 30.2 Å². The van der Waals surface area contributed by atoms with Gasteiger partial charge >= 0.3 is 0 Å². The second-order valence-corrected chi connectivity index (χ2v) is 6.57. The van der Waals surface area contributed by atoms with Crippen molar-refractivity contribution in [2.45, 2.75) is 19.9 Å². The van der Waals surface area contributed by atoms with Crippen LogP contribution < -0.4 is 0 Å². The molecular weight excluding hydrogens is 350 g/mol. The lowest BCUT2D eigenvalue weighted by Crippen LogP contribution is -2.08. The second-order valence-electron chi connectivity index (χ2n) is 6.17. The van der Waals surface area contributed by atoms with E-state index in [9.17, 15) is 10.1 Å². The Balaban J connectivity index is 1.99. The summed E-state index contributed by atoms with van der Waals surface area (Å²) in [4.78, 5) is 15.7. The van der Waals surface area contributed by atoms with Crippen molar-refractivity contribution in [2.24, 2.45) is 4.99 Å². The van der Waals surface area contributed by atoms with Crippen molar-refractivity contribution < 1.29 is 4.92 Å². The van der Waals surface area contributed by atoms with Crippen molar-refractivity contribution in [1.82, 2.24) is 4.57 Å². The fraction of sp³-hybridized carbons (Fsp3) is 0.150. The molecule has 1 aromatic heterocycles. The number of halogens is 1. The molecule has 26 heavy (non-hydrogen) atoms. The molecule has 0 N–H and O–H groups in total. The molecule has 2 heterocycles. The number of aliphatic imine (C=N–C) groups is 1. The van der Waals surface area contributed by atoms with E-state index in [1.165, 1.54) is 11.6 Å². The largest absolute Gasteiger partial charge is 0.318 e. The predicted molar refractivity (Wildman–Crippen MR) is 103 cm³/mol. The summed E-state index contributed by atoms with van der Waals surface area (Å²) in [5.74, 6) is 0. The lowest BCUT2D eigenvalue weighted by molar-refractivity contribution is -0.384. The molecule has 0 fully saturated rings. The number of hydrogen-bond acceptors (Lipinski definition) is 3. The van der Waals surface area contributed by atoms with Gasteiger partial charge in [0.15, 0.2) is 0 Å². The summed E-state index contributed by atoms with van der Waals surface area (Å²) in [6.45, 7) is 2.59. The second kappa shape index (κ2) is 6.42. The Bertz CT molecular complexity index is 1050. The molecule has 6 heteroatoms. The van der Waals surface area contributed by atoms with Gasteiger partial charge in [0.1, 0.15) is 0 Å². The van der Waals surface area contributed by atoms with Crippen LogP contribution in [-0.4, -0.2) is 15.2 Å². The number of fused-ring (bicyclic) bond motifs is 3. The number of hydrogen-bond donors (Lipinski definition) is 0. The molecule has 0 atom stereocenters. The van der Waals surface area contributed by atoms with Crippen molar-refractivity contribution in [1.29, 1.82) is 0 Å². The van der Waals surface area contributed by atoms with Gasteiger partial charge in [-0.2, -0.15) is 0 Å². The van der Waals surface area contributed by atoms with Gasteiger partial charge in [-0.15, -0.1) is 0 Å². The van der Waals surface area contributed by atoms with E-state index in [1.54, 1.807) is 18.2 Å². The SMILES string of the molecule is CCc1cc2n(c1)-c1ccc([N+](=O)[O-])cc1C(c1ccccc1Cl)=NC2. The smallest absolute Gasteiger partial charge is 0.270 e. The molecule has 0 bridgehead atoms. The number of rotatable bonds is 3. The molecule has 0 saturated heterocycles. The molecule has 3 aromatic rings. The number of nitro groups is 1. The van der Waals surface area contributed by atoms with Crippen molar-refractivity contribution in [3.05, 3.63) is 92.2 Å². The first-order valence-electron chi connectivity index (χ1n) is 8.37. The minimum absolute atomic E-state index is 0.0369. The number of nitrogens with zero attached hydrogens (tertiary/aromatic N) is 3. The van der Waals surface area contributed by atoms with Crippen LogP contribution in [0.5, 0.6) is 0 Å². The zero-order valence-corrected chi connectivity index (χ0v) is 14.9. The van der Waals surface area contributed by atoms with Gasteiger partial charge in [-0.1, -0.05) is 36.7 Å². The molecule has 130 valence electrons. The maximum Gasteiger partial charge on any atom is 0.270 e. The molecule has 0 aliphatic carbocycles. The van der Waals surface area contributed by atoms with E-state index in [4.69, 9.17) is 16.6 Å². The van der Waals surface area contributed by atoms with Gasteiger partial charge in [0, 0.05) is 40.2 Å². The van der Waals surface area contributed by atoms with Crippen molar-refractivity contribution in [2.75, 3.05) is 0 Å². The minimum atomic E-state index is -0.385. The highest BCUT2D eigenvalue weighted by molar-refractivity contribution is 6.35. The maximum absolute atomic E-state index is 11.3. The summed E-state index contributed by atoms with van der Waals surface area (Å²) < 4.78 is 2.07. The first kappa shape index (κ1) is 16.5. The van der Waals surface area contributed by atoms with Crippen LogP contribution in [-0.2, 0) is 13.0 Å². The summed E-state index contributed by atoms with van der Waals surface area (Å²) in [7, 11) is 0. The molecule has 5 nitrogen and oxygen atoms in total. The fourth-order valence-electron chi connectivity index (χ4n) is 3.28. The third kappa shape index (κ3) is 2.70. The Morgan fingerprint density at radius 1 is 1.19 bits per heavy atom. The third-order valence-electron chi connectivity index (χ3n) is 4.60. The topological polar surface area (TPSA) is 60.4 Å². The normalized spacial score (nSPS) is 12.8. The fourth-order valence-corrected chi connectivity index (χ4v) is 3.50. The molecule has 2 aromatic carbocycles. The molecule has 1 aliphatic rings. The third-order valence-corrected chi connectivity index (χ3v) is 4.93. The first-order valence-corrected chi connectivity index (χ1v) is 8.75. The molecule has 1 aliphatic heterocycles. The average Bonchev–Trinajstić information content (AvgIpc) is 3.00. The van der Waals surface area contributed by atoms with Crippen LogP contribution in [0, 0.1) is 10.1 Å². The van der Waals surface area contributed by atoms with Crippen LogP contribution in [0.15, 0.2) is 59.7 Å². The van der Waals surface area contributed by atoms with Gasteiger partial charge in [0.2, 0.25) is 0 Å². The van der Waals surface area contributed by atoms with Crippen LogP contribution in [0.3, 0.4) is 0 Å². The molecule has 0 spiro atoms. The number of aromatic nitrogens is 1. The van der Waals surface area contributed by atoms with Crippen LogP contribution in [0.1, 0.15) is 29.3 Å². The summed E-state index contributed by atoms with van der Waals surface area (Å²) in [6.07, 6.45) is 2.99. The lowest BCUT2D eigenvalue weighted by atomic mass is 9.99. The van der Waals surface area contributed by atoms with Crippen molar-refractivity contribution >= 4 is 23.0 Å². The van der Waals surface area contributed by atoms with Crippen LogP contribution in [0.4, 0.5) is 5.69 Å². The zero-order valence-electron chi connectivity index (χ0n) is 14.1. The Morgan fingerprint density at radius 2 is 2.00 bits per heavy atom. The maximum atomic E-state index is 11.3. The van der Waals surface area contributed by atoms with Crippen LogP contribution in [0.25, 0.3) is 5.69 Å². The number of aryl methyl sites for hydroxylation is 1. The zero-order chi connectivity index (χ0) is 18.3. The quantitative estimate of drug-likeness (QED) is 0.487. The van der Waals surface area contributed by atoms with E-state index >= 15 is 0 Å². The summed E-state index contributed by atoms with van der Waals surface area (Å²) in [5, 5.41) is 11.9. The standard InChI is InChI=1S/C20H16ClN3O2/c1-2-13-9-15-11-22-20(16-5-3-4-6-18(16)21)17-10-14(24(25)26)7-8-19(17)23(15)12-13/h3-10,12H,2,11H2,1H3. The summed E-state index contributed by atoms with van der Waals surface area (Å²) in [6, 6.07) is 14.5. The Kier molecular flexibility index (Phi) is 4.09. The first-order chi connectivity index (χ1) is 12.6. The lowest BCUT2D eigenvalue weighted by Gasteiger charge is -2.13. The van der Waals surface area contributed by atoms with Crippen LogP contribution in [0.2, 0.25) is 5.02 Å². The molecular formula is C20H16ClN3O2. The molecule has 0 saturated carbocycles. The Morgan fingerprint density at radius 3 is 2.73 bits per heavy atom. The predicted octanol–water partition coefficient (Wildman–Crippen LogP) is 4.95. The van der Waals surface area contributed by atoms with Gasteiger partial charge in [0.05, 0.1) is 22.9 Å². The molecule has 4 rings (SSSR count). The van der Waals surface area contributed by atoms with Crippen molar-refractivity contribution in [3.8, 4) is 5.69 Å². The van der Waals surface area contributed by atoms with Gasteiger partial charge in [-0.3, -0.25) is 15.1 Å². The Labute approximate surface area is 155 Å². The van der Waals surface area contributed by atoms with E-state index in [1.807, 2.05) is 18.2 Å². The summed E-state index contributed by atoms with van der Waals surface area (Å²) >= 11 is 6.39. The highest BCUT2D eigenvalue weighted by atomic mass is 35.5. The van der Waals surface area contributed by atoms with Crippen LogP contribution >= 0.6 is 11.6 Å². The molecule has 0 radical (unpaired) electrons.